The first-order valence-corrected chi connectivity index (χ1v) is 6.81. The van der Waals surface area contributed by atoms with Crippen molar-refractivity contribution in [1.82, 2.24) is 10.2 Å². The molecule has 1 atom stereocenters. The summed E-state index contributed by atoms with van der Waals surface area (Å²) in [5.41, 5.74) is 0. The Morgan fingerprint density at radius 3 is 2.61 bits per heavy atom. The van der Waals surface area contributed by atoms with Crippen molar-refractivity contribution in [2.45, 2.75) is 45.5 Å². The van der Waals surface area contributed by atoms with Crippen LogP contribution in [0.2, 0.25) is 0 Å². The van der Waals surface area contributed by atoms with Gasteiger partial charge in [0, 0.05) is 19.6 Å². The molecule has 0 saturated carbocycles. The number of nitrogens with zero attached hydrogens (tertiary/aromatic N) is 1. The van der Waals surface area contributed by atoms with E-state index >= 15 is 0 Å². The first-order chi connectivity index (χ1) is 8.46. The molecule has 2 fully saturated rings. The van der Waals surface area contributed by atoms with Gasteiger partial charge in [0.2, 0.25) is 0 Å². The number of carbonyl (C=O) groups excluding carboxylic acids is 1. The zero-order chi connectivity index (χ0) is 13.2. The van der Waals surface area contributed by atoms with Crippen molar-refractivity contribution in [1.29, 1.82) is 0 Å². The largest absolute Gasteiger partial charge is 0.348 e. The molecule has 2 saturated heterocycles. The number of urea groups is 1. The molecule has 0 aliphatic carbocycles. The topological polar surface area (TPSA) is 50.8 Å². The second-order valence-electron chi connectivity index (χ2n) is 5.81. The minimum absolute atomic E-state index is 0.0233. The molecule has 2 heterocycles. The molecule has 5 heteroatoms. The third kappa shape index (κ3) is 3.59. The van der Waals surface area contributed by atoms with Gasteiger partial charge in [-0.1, -0.05) is 6.92 Å². The number of carbonyl (C=O) groups is 1. The Bertz CT molecular complexity index is 299. The van der Waals surface area contributed by atoms with Gasteiger partial charge in [0.15, 0.2) is 5.79 Å². The van der Waals surface area contributed by atoms with Gasteiger partial charge >= 0.3 is 6.03 Å². The molecule has 2 rings (SSSR count). The molecule has 104 valence electrons. The molecule has 0 aromatic heterocycles. The van der Waals surface area contributed by atoms with Gasteiger partial charge in [-0.2, -0.15) is 0 Å². The molecule has 18 heavy (non-hydrogen) atoms. The van der Waals surface area contributed by atoms with E-state index in [1.54, 1.807) is 0 Å². The molecule has 0 radical (unpaired) electrons. The van der Waals surface area contributed by atoms with Crippen LogP contribution in [0.5, 0.6) is 0 Å². The van der Waals surface area contributed by atoms with Crippen LogP contribution in [0.3, 0.4) is 0 Å². The number of hydrogen-bond acceptors (Lipinski definition) is 3. The van der Waals surface area contributed by atoms with Crippen molar-refractivity contribution >= 4 is 6.03 Å². The van der Waals surface area contributed by atoms with Crippen LogP contribution in [0.25, 0.3) is 0 Å². The molecule has 1 N–H and O–H groups in total. The lowest BCUT2D eigenvalue weighted by Gasteiger charge is -2.30. The highest BCUT2D eigenvalue weighted by molar-refractivity contribution is 5.74. The SMILES string of the molecule is CC1CCN(C(=O)NCC2COC(C)(C)O2)CC1. The van der Waals surface area contributed by atoms with Gasteiger partial charge < -0.3 is 19.7 Å². The van der Waals surface area contributed by atoms with Crippen LogP contribution < -0.4 is 5.32 Å². The van der Waals surface area contributed by atoms with Crippen molar-refractivity contribution in [2.75, 3.05) is 26.2 Å². The van der Waals surface area contributed by atoms with E-state index in [-0.39, 0.29) is 12.1 Å². The Labute approximate surface area is 109 Å². The van der Waals surface area contributed by atoms with E-state index in [2.05, 4.69) is 12.2 Å². The molecular formula is C13H24N2O3. The summed E-state index contributed by atoms with van der Waals surface area (Å²) in [5.74, 6) is 0.220. The number of hydrogen-bond donors (Lipinski definition) is 1. The van der Waals surface area contributed by atoms with E-state index in [1.807, 2.05) is 18.7 Å². The Morgan fingerprint density at radius 1 is 1.39 bits per heavy atom. The van der Waals surface area contributed by atoms with Crippen molar-refractivity contribution in [3.05, 3.63) is 0 Å². The lowest BCUT2D eigenvalue weighted by molar-refractivity contribution is -0.137. The van der Waals surface area contributed by atoms with Crippen LogP contribution in [0.1, 0.15) is 33.6 Å². The molecule has 5 nitrogen and oxygen atoms in total. The predicted octanol–water partition coefficient (Wildman–Crippen LogP) is 1.58. The average molecular weight is 256 g/mol. The maximum Gasteiger partial charge on any atom is 0.317 e. The fourth-order valence-electron chi connectivity index (χ4n) is 2.39. The average Bonchev–Trinajstić information content (AvgIpc) is 2.67. The minimum atomic E-state index is -0.518. The van der Waals surface area contributed by atoms with E-state index in [1.165, 1.54) is 0 Å². The van der Waals surface area contributed by atoms with E-state index < -0.39 is 5.79 Å². The van der Waals surface area contributed by atoms with Crippen LogP contribution in [0.4, 0.5) is 4.79 Å². The van der Waals surface area contributed by atoms with Gasteiger partial charge in [-0.05, 0) is 32.6 Å². The Morgan fingerprint density at radius 2 is 2.06 bits per heavy atom. The standard InChI is InChI=1S/C13H24N2O3/c1-10-4-6-15(7-5-10)12(16)14-8-11-9-17-13(2,3)18-11/h10-11H,4-9H2,1-3H3,(H,14,16). The van der Waals surface area contributed by atoms with E-state index in [4.69, 9.17) is 9.47 Å². The highest BCUT2D eigenvalue weighted by atomic mass is 16.7. The van der Waals surface area contributed by atoms with Crippen LogP contribution in [-0.4, -0.2) is 49.1 Å². The second kappa shape index (κ2) is 5.45. The normalized spacial score (nSPS) is 28.4. The highest BCUT2D eigenvalue weighted by Crippen LogP contribution is 2.21. The van der Waals surface area contributed by atoms with Gasteiger partial charge in [0.05, 0.1) is 6.61 Å². The molecule has 1 unspecified atom stereocenters. The maximum absolute atomic E-state index is 11.9. The maximum atomic E-state index is 11.9. The van der Waals surface area contributed by atoms with Gasteiger partial charge in [-0.25, -0.2) is 4.79 Å². The summed E-state index contributed by atoms with van der Waals surface area (Å²) in [6.07, 6.45) is 2.17. The fraction of sp³-hybridized carbons (Fsp3) is 0.923. The first-order valence-electron chi connectivity index (χ1n) is 6.81. The Hall–Kier alpha value is -0.810. The van der Waals surface area contributed by atoms with Crippen LogP contribution >= 0.6 is 0 Å². The third-order valence-electron chi connectivity index (χ3n) is 3.62. The monoisotopic (exact) mass is 256 g/mol. The van der Waals surface area contributed by atoms with Crippen LogP contribution in [0.15, 0.2) is 0 Å². The number of ether oxygens (including phenoxy) is 2. The number of nitrogens with one attached hydrogen (secondary N) is 1. The summed E-state index contributed by atoms with van der Waals surface area (Å²) in [4.78, 5) is 13.8. The van der Waals surface area contributed by atoms with Gasteiger partial charge in [-0.3, -0.25) is 0 Å². The third-order valence-corrected chi connectivity index (χ3v) is 3.62. The molecule has 0 bridgehead atoms. The Balaban J connectivity index is 1.69. The predicted molar refractivity (Wildman–Crippen MR) is 68.3 cm³/mol. The summed E-state index contributed by atoms with van der Waals surface area (Å²) in [5, 5.41) is 2.93. The number of likely N-dealkylation sites (tertiary alicyclic amines) is 1. The molecule has 0 aromatic carbocycles. The van der Waals surface area contributed by atoms with Gasteiger partial charge in [0.1, 0.15) is 6.10 Å². The highest BCUT2D eigenvalue weighted by Gasteiger charge is 2.33. The summed E-state index contributed by atoms with van der Waals surface area (Å²) in [7, 11) is 0. The van der Waals surface area contributed by atoms with E-state index in [9.17, 15) is 4.79 Å². The summed E-state index contributed by atoms with van der Waals surface area (Å²) >= 11 is 0. The molecular weight excluding hydrogens is 232 g/mol. The lowest BCUT2D eigenvalue weighted by Crippen LogP contribution is -2.46. The number of amides is 2. The van der Waals surface area contributed by atoms with E-state index in [0.717, 1.165) is 31.8 Å². The first kappa shape index (κ1) is 13.6. The molecule has 2 amide bonds. The van der Waals surface area contributed by atoms with Crippen molar-refractivity contribution in [2.24, 2.45) is 5.92 Å². The summed E-state index contributed by atoms with van der Waals surface area (Å²) in [6.45, 7) is 8.81. The van der Waals surface area contributed by atoms with E-state index in [0.29, 0.717) is 13.2 Å². The van der Waals surface area contributed by atoms with Gasteiger partial charge in [0.25, 0.3) is 0 Å². The summed E-state index contributed by atoms with van der Waals surface area (Å²) < 4.78 is 11.1. The van der Waals surface area contributed by atoms with Gasteiger partial charge in [-0.15, -0.1) is 0 Å². The quantitative estimate of drug-likeness (QED) is 0.816. The van der Waals surface area contributed by atoms with Crippen molar-refractivity contribution in [3.8, 4) is 0 Å². The van der Waals surface area contributed by atoms with Crippen LogP contribution in [-0.2, 0) is 9.47 Å². The zero-order valence-electron chi connectivity index (χ0n) is 11.6. The number of piperidine rings is 1. The molecule has 2 aliphatic heterocycles. The van der Waals surface area contributed by atoms with Crippen LogP contribution in [0, 0.1) is 5.92 Å². The minimum Gasteiger partial charge on any atom is -0.348 e. The molecule has 0 spiro atoms. The van der Waals surface area contributed by atoms with Crippen molar-refractivity contribution < 1.29 is 14.3 Å². The number of rotatable bonds is 2. The molecule has 0 aromatic rings. The lowest BCUT2D eigenvalue weighted by atomic mass is 10.00. The fourth-order valence-corrected chi connectivity index (χ4v) is 2.39. The smallest absolute Gasteiger partial charge is 0.317 e. The zero-order valence-corrected chi connectivity index (χ0v) is 11.6. The summed E-state index contributed by atoms with van der Waals surface area (Å²) in [6, 6.07) is 0.0233. The second-order valence-corrected chi connectivity index (χ2v) is 5.81. The molecule has 2 aliphatic rings. The Kier molecular flexibility index (Phi) is 4.12. The van der Waals surface area contributed by atoms with Crippen molar-refractivity contribution in [3.63, 3.8) is 0 Å².